The highest BCUT2D eigenvalue weighted by molar-refractivity contribution is 6.06. The summed E-state index contributed by atoms with van der Waals surface area (Å²) in [6.45, 7) is 13.9. The first kappa shape index (κ1) is 23.6. The normalized spacial score (nSPS) is 22.4. The van der Waals surface area contributed by atoms with Gasteiger partial charge in [-0.25, -0.2) is 0 Å². The molecule has 0 aromatic heterocycles. The number of nitrogens with zero attached hydrogens (tertiary/aromatic N) is 1. The maximum absolute atomic E-state index is 13.7. The third kappa shape index (κ3) is 4.22. The van der Waals surface area contributed by atoms with Crippen LogP contribution in [0.4, 0.5) is 0 Å². The van der Waals surface area contributed by atoms with E-state index in [0.29, 0.717) is 25.2 Å². The van der Waals surface area contributed by atoms with E-state index in [0.717, 1.165) is 53.9 Å². The van der Waals surface area contributed by atoms with Gasteiger partial charge in [0.1, 0.15) is 0 Å². The molecule has 0 atom stereocenters. The lowest BCUT2D eigenvalue weighted by Crippen LogP contribution is -2.44. The molecule has 1 aliphatic heterocycles. The summed E-state index contributed by atoms with van der Waals surface area (Å²) in [5, 5.41) is 10.3. The Labute approximate surface area is 197 Å². The minimum Gasteiger partial charge on any atom is -0.504 e. The Morgan fingerprint density at radius 1 is 0.939 bits per heavy atom. The van der Waals surface area contributed by atoms with Crippen molar-refractivity contribution >= 4 is 11.6 Å². The molecule has 1 N–H and O–H groups in total. The predicted molar refractivity (Wildman–Crippen MR) is 129 cm³/mol. The number of allylic oxidation sites excluding steroid dienone is 4. The number of hydrogen-bond acceptors (Lipinski definition) is 5. The molecule has 0 spiro atoms. The molecule has 2 aliphatic carbocycles. The van der Waals surface area contributed by atoms with Gasteiger partial charge in [-0.3, -0.25) is 9.59 Å². The SMILES string of the molecule is CCCN1C2=C(C(=O)CC(C)(C)C2)C(c2ccc(O)c(OCC)c2)C2=C1CC(C)(C)CC2=O. The molecule has 0 unspecified atom stereocenters. The maximum Gasteiger partial charge on any atom is 0.162 e. The van der Waals surface area contributed by atoms with Gasteiger partial charge in [0, 0.05) is 47.8 Å². The average Bonchev–Trinajstić information content (AvgIpc) is 2.69. The van der Waals surface area contributed by atoms with Crippen molar-refractivity contribution in [2.75, 3.05) is 13.2 Å². The standard InChI is InChI=1S/C28H37NO4/c1-7-11-29-18-13-27(3,4)15-21(31)25(18)24(17-9-10-20(30)23(12-17)33-8-2)26-19(29)14-28(5,6)16-22(26)32/h9-10,12,24,30H,7-8,11,13-16H2,1-6H3. The molecule has 3 aliphatic rings. The first-order valence-electron chi connectivity index (χ1n) is 12.2. The Morgan fingerprint density at radius 3 is 1.97 bits per heavy atom. The van der Waals surface area contributed by atoms with Crippen LogP contribution in [0.1, 0.15) is 85.1 Å². The van der Waals surface area contributed by atoms with Gasteiger partial charge >= 0.3 is 0 Å². The summed E-state index contributed by atoms with van der Waals surface area (Å²) in [6.07, 6.45) is 3.51. The van der Waals surface area contributed by atoms with Crippen LogP contribution in [0.25, 0.3) is 0 Å². The molecule has 1 aromatic rings. The number of carbonyl (C=O) groups excluding carboxylic acids is 2. The molecule has 0 saturated heterocycles. The van der Waals surface area contributed by atoms with Gasteiger partial charge in [-0.15, -0.1) is 0 Å². The van der Waals surface area contributed by atoms with Crippen molar-refractivity contribution in [2.45, 2.75) is 79.6 Å². The van der Waals surface area contributed by atoms with Gasteiger partial charge in [-0.1, -0.05) is 40.7 Å². The van der Waals surface area contributed by atoms with E-state index in [1.807, 2.05) is 19.1 Å². The molecule has 5 nitrogen and oxygen atoms in total. The fourth-order valence-corrected chi connectivity index (χ4v) is 5.86. The van der Waals surface area contributed by atoms with Crippen LogP contribution in [-0.4, -0.2) is 34.7 Å². The fourth-order valence-electron chi connectivity index (χ4n) is 5.86. The summed E-state index contributed by atoms with van der Waals surface area (Å²) in [5.74, 6) is 0.308. The third-order valence-electron chi connectivity index (χ3n) is 7.09. The van der Waals surface area contributed by atoms with Crippen LogP contribution in [0.5, 0.6) is 11.5 Å². The van der Waals surface area contributed by atoms with Crippen LogP contribution >= 0.6 is 0 Å². The highest BCUT2D eigenvalue weighted by atomic mass is 16.5. The smallest absolute Gasteiger partial charge is 0.162 e. The third-order valence-corrected chi connectivity index (χ3v) is 7.09. The van der Waals surface area contributed by atoms with E-state index in [9.17, 15) is 14.7 Å². The average molecular weight is 452 g/mol. The van der Waals surface area contributed by atoms with E-state index in [1.54, 1.807) is 6.07 Å². The van der Waals surface area contributed by atoms with E-state index in [4.69, 9.17) is 4.74 Å². The molecule has 0 saturated carbocycles. The summed E-state index contributed by atoms with van der Waals surface area (Å²) < 4.78 is 5.66. The molecule has 1 heterocycles. The molecule has 4 rings (SSSR count). The predicted octanol–water partition coefficient (Wildman–Crippen LogP) is 5.89. The molecular weight excluding hydrogens is 414 g/mol. The lowest BCUT2D eigenvalue weighted by Gasteiger charge is -2.49. The summed E-state index contributed by atoms with van der Waals surface area (Å²) >= 11 is 0. The molecule has 0 radical (unpaired) electrons. The molecule has 0 fully saturated rings. The van der Waals surface area contributed by atoms with E-state index in [2.05, 4.69) is 39.5 Å². The lowest BCUT2D eigenvalue weighted by atomic mass is 9.63. The van der Waals surface area contributed by atoms with Crippen molar-refractivity contribution in [3.8, 4) is 11.5 Å². The van der Waals surface area contributed by atoms with Crippen LogP contribution < -0.4 is 4.74 Å². The minimum absolute atomic E-state index is 0.0691. The van der Waals surface area contributed by atoms with Gasteiger partial charge < -0.3 is 14.7 Å². The Balaban J connectivity index is 1.99. The van der Waals surface area contributed by atoms with Crippen molar-refractivity contribution in [2.24, 2.45) is 10.8 Å². The Morgan fingerprint density at radius 2 is 1.48 bits per heavy atom. The summed E-state index contributed by atoms with van der Waals surface area (Å²) in [6, 6.07) is 5.27. The Bertz CT molecular complexity index is 1010. The number of rotatable bonds is 5. The molecule has 0 bridgehead atoms. The number of ether oxygens (including phenoxy) is 1. The highest BCUT2D eigenvalue weighted by Gasteiger charge is 2.48. The zero-order valence-electron chi connectivity index (χ0n) is 20.9. The monoisotopic (exact) mass is 451 g/mol. The zero-order chi connectivity index (χ0) is 24.1. The maximum atomic E-state index is 13.7. The highest BCUT2D eigenvalue weighted by Crippen LogP contribution is 2.54. The number of aromatic hydroxyl groups is 1. The second-order valence-corrected chi connectivity index (χ2v) is 11.3. The van der Waals surface area contributed by atoms with Crippen molar-refractivity contribution < 1.29 is 19.4 Å². The first-order chi connectivity index (χ1) is 15.5. The number of hydrogen-bond donors (Lipinski definition) is 1. The molecule has 1 aromatic carbocycles. The van der Waals surface area contributed by atoms with Crippen LogP contribution in [0.2, 0.25) is 0 Å². The number of phenolic OH excluding ortho intramolecular Hbond substituents is 1. The van der Waals surface area contributed by atoms with Crippen LogP contribution in [0, 0.1) is 10.8 Å². The Kier molecular flexibility index (Phi) is 5.96. The Hall–Kier alpha value is -2.56. The van der Waals surface area contributed by atoms with E-state index in [-0.39, 0.29) is 28.1 Å². The van der Waals surface area contributed by atoms with Crippen LogP contribution in [0.15, 0.2) is 40.7 Å². The van der Waals surface area contributed by atoms with Crippen molar-refractivity contribution in [1.82, 2.24) is 4.90 Å². The molecule has 0 amide bonds. The lowest BCUT2D eigenvalue weighted by molar-refractivity contribution is -0.119. The topological polar surface area (TPSA) is 66.8 Å². The largest absolute Gasteiger partial charge is 0.504 e. The molecule has 178 valence electrons. The van der Waals surface area contributed by atoms with Gasteiger partial charge in [0.05, 0.1) is 6.61 Å². The summed E-state index contributed by atoms with van der Waals surface area (Å²) in [4.78, 5) is 29.6. The number of carbonyl (C=O) groups is 2. The molecule has 33 heavy (non-hydrogen) atoms. The van der Waals surface area contributed by atoms with Crippen molar-refractivity contribution in [1.29, 1.82) is 0 Å². The summed E-state index contributed by atoms with van der Waals surface area (Å²) in [5.41, 5.74) is 4.30. The van der Waals surface area contributed by atoms with E-state index in [1.165, 1.54) is 0 Å². The number of benzene rings is 1. The van der Waals surface area contributed by atoms with E-state index < -0.39 is 5.92 Å². The van der Waals surface area contributed by atoms with Crippen LogP contribution in [0.3, 0.4) is 0 Å². The van der Waals surface area contributed by atoms with Gasteiger partial charge in [0.2, 0.25) is 0 Å². The molecular formula is C28H37NO4. The zero-order valence-corrected chi connectivity index (χ0v) is 20.9. The number of ketones is 2. The molecule has 5 heteroatoms. The van der Waals surface area contributed by atoms with Crippen LogP contribution in [-0.2, 0) is 9.59 Å². The summed E-state index contributed by atoms with van der Waals surface area (Å²) in [7, 11) is 0. The van der Waals surface area contributed by atoms with Gasteiger partial charge in [0.25, 0.3) is 0 Å². The second kappa shape index (κ2) is 8.34. The van der Waals surface area contributed by atoms with Crippen molar-refractivity contribution in [3.63, 3.8) is 0 Å². The van der Waals surface area contributed by atoms with Gasteiger partial charge in [-0.05, 0) is 54.7 Å². The van der Waals surface area contributed by atoms with Gasteiger partial charge in [-0.2, -0.15) is 0 Å². The van der Waals surface area contributed by atoms with Crippen molar-refractivity contribution in [3.05, 3.63) is 46.3 Å². The minimum atomic E-state index is -0.407. The fraction of sp³-hybridized carbons (Fsp3) is 0.571. The van der Waals surface area contributed by atoms with Gasteiger partial charge in [0.15, 0.2) is 23.1 Å². The second-order valence-electron chi connectivity index (χ2n) is 11.3. The first-order valence-corrected chi connectivity index (χ1v) is 12.2. The number of Topliss-reactive ketones (excluding diaryl/α,β-unsaturated/α-hetero) is 2. The number of phenols is 1. The quantitative estimate of drug-likeness (QED) is 0.605. The van der Waals surface area contributed by atoms with E-state index >= 15 is 0 Å².